The summed E-state index contributed by atoms with van der Waals surface area (Å²) in [6, 6.07) is 4.27. The predicted molar refractivity (Wildman–Crippen MR) is 83.4 cm³/mol. The van der Waals surface area contributed by atoms with Gasteiger partial charge in [-0.2, -0.15) is 0 Å². The van der Waals surface area contributed by atoms with E-state index in [0.29, 0.717) is 6.42 Å². The average molecular weight is 314 g/mol. The number of nitrogens with one attached hydrogen (secondary N) is 1. The zero-order chi connectivity index (χ0) is 16.0. The molecule has 7 heteroatoms. The molecule has 0 aliphatic rings. The molecule has 3 N–H and O–H groups in total. The van der Waals surface area contributed by atoms with Crippen molar-refractivity contribution < 1.29 is 9.72 Å². The molecular formula is C14H20ClN3O3. The van der Waals surface area contributed by atoms with Gasteiger partial charge in [-0.05, 0) is 31.9 Å². The van der Waals surface area contributed by atoms with Gasteiger partial charge in [0.05, 0.1) is 4.92 Å². The molecule has 6 nitrogen and oxygen atoms in total. The average Bonchev–Trinajstić information content (AvgIpc) is 2.39. The van der Waals surface area contributed by atoms with Crippen molar-refractivity contribution in [3.8, 4) is 0 Å². The maximum atomic E-state index is 12.0. The van der Waals surface area contributed by atoms with Crippen LogP contribution < -0.4 is 11.1 Å². The molecule has 0 aliphatic heterocycles. The largest absolute Gasteiger partial charge is 0.328 e. The van der Waals surface area contributed by atoms with Crippen molar-refractivity contribution in [2.24, 2.45) is 11.7 Å². The van der Waals surface area contributed by atoms with E-state index in [1.54, 1.807) is 6.92 Å². The van der Waals surface area contributed by atoms with E-state index in [9.17, 15) is 14.9 Å². The van der Waals surface area contributed by atoms with Crippen molar-refractivity contribution >= 4 is 28.9 Å². The third-order valence-electron chi connectivity index (χ3n) is 3.16. The fourth-order valence-corrected chi connectivity index (χ4v) is 2.06. The van der Waals surface area contributed by atoms with Crippen LogP contribution in [-0.4, -0.2) is 16.9 Å². The first kappa shape index (κ1) is 17.4. The van der Waals surface area contributed by atoms with Gasteiger partial charge in [-0.1, -0.05) is 24.9 Å². The Morgan fingerprint density at radius 1 is 1.43 bits per heavy atom. The third kappa shape index (κ3) is 5.69. The molecule has 0 heterocycles. The quantitative estimate of drug-likeness (QED) is 0.595. The van der Waals surface area contributed by atoms with Gasteiger partial charge < -0.3 is 11.1 Å². The summed E-state index contributed by atoms with van der Waals surface area (Å²) in [6.45, 7) is 3.71. The van der Waals surface area contributed by atoms with Crippen LogP contribution >= 0.6 is 11.6 Å². The molecule has 1 aromatic carbocycles. The fourth-order valence-electron chi connectivity index (χ4n) is 1.89. The number of hydrogen-bond donors (Lipinski definition) is 2. The standard InChI is InChI=1S/C14H20ClN3O3/c1-9(4-3-5-10(2)16)14(19)17-12-7-6-11(15)8-13(12)18(20)21/h6-10H,3-5,16H2,1-2H3,(H,17,19). The van der Waals surface area contributed by atoms with E-state index in [-0.39, 0.29) is 34.3 Å². The monoisotopic (exact) mass is 313 g/mol. The first-order valence-electron chi connectivity index (χ1n) is 6.81. The molecule has 0 saturated heterocycles. The summed E-state index contributed by atoms with van der Waals surface area (Å²) in [5.74, 6) is -0.482. The summed E-state index contributed by atoms with van der Waals surface area (Å²) >= 11 is 5.73. The summed E-state index contributed by atoms with van der Waals surface area (Å²) in [7, 11) is 0. The molecule has 0 fully saturated rings. The number of nitrogens with zero attached hydrogens (tertiary/aromatic N) is 1. The van der Waals surface area contributed by atoms with E-state index < -0.39 is 4.92 Å². The predicted octanol–water partition coefficient (Wildman–Crippen LogP) is 3.34. The number of rotatable bonds is 7. The fraction of sp³-hybridized carbons (Fsp3) is 0.500. The molecule has 1 amide bonds. The highest BCUT2D eigenvalue weighted by molar-refractivity contribution is 6.31. The Morgan fingerprint density at radius 3 is 2.67 bits per heavy atom. The normalized spacial score (nSPS) is 13.5. The topological polar surface area (TPSA) is 98.3 Å². The first-order valence-corrected chi connectivity index (χ1v) is 7.19. The Balaban J connectivity index is 2.68. The van der Waals surface area contributed by atoms with Gasteiger partial charge in [0, 0.05) is 23.0 Å². The smallest absolute Gasteiger partial charge is 0.294 e. The lowest BCUT2D eigenvalue weighted by Crippen LogP contribution is -2.22. The van der Waals surface area contributed by atoms with E-state index in [4.69, 9.17) is 17.3 Å². The lowest BCUT2D eigenvalue weighted by atomic mass is 10.0. The minimum atomic E-state index is -0.567. The van der Waals surface area contributed by atoms with Crippen LogP contribution in [0.5, 0.6) is 0 Å². The summed E-state index contributed by atoms with van der Waals surface area (Å²) in [5, 5.41) is 13.8. The van der Waals surface area contributed by atoms with Crippen LogP contribution in [0.25, 0.3) is 0 Å². The molecule has 0 aromatic heterocycles. The van der Waals surface area contributed by atoms with Crippen molar-refractivity contribution in [3.63, 3.8) is 0 Å². The second kappa shape index (κ2) is 7.95. The Labute approximate surface area is 128 Å². The van der Waals surface area contributed by atoms with Crippen molar-refractivity contribution in [1.82, 2.24) is 0 Å². The number of carbonyl (C=O) groups excluding carboxylic acids is 1. The van der Waals surface area contributed by atoms with Gasteiger partial charge in [-0.3, -0.25) is 14.9 Å². The number of anilines is 1. The van der Waals surface area contributed by atoms with E-state index >= 15 is 0 Å². The van der Waals surface area contributed by atoms with Crippen LogP contribution in [0.4, 0.5) is 11.4 Å². The third-order valence-corrected chi connectivity index (χ3v) is 3.39. The molecule has 0 bridgehead atoms. The number of benzene rings is 1. The Morgan fingerprint density at radius 2 is 2.10 bits per heavy atom. The highest BCUT2D eigenvalue weighted by atomic mass is 35.5. The Hall–Kier alpha value is -1.66. The van der Waals surface area contributed by atoms with Crippen LogP contribution in [0.3, 0.4) is 0 Å². The van der Waals surface area contributed by atoms with Gasteiger partial charge in [-0.15, -0.1) is 0 Å². The summed E-state index contributed by atoms with van der Waals surface area (Å²) < 4.78 is 0. The zero-order valence-electron chi connectivity index (χ0n) is 12.1. The minimum absolute atomic E-state index is 0.109. The van der Waals surface area contributed by atoms with Crippen LogP contribution in [-0.2, 0) is 4.79 Å². The highest BCUT2D eigenvalue weighted by Crippen LogP contribution is 2.28. The van der Waals surface area contributed by atoms with Crippen LogP contribution in [0.2, 0.25) is 5.02 Å². The van der Waals surface area contributed by atoms with Crippen LogP contribution in [0.15, 0.2) is 18.2 Å². The number of carbonyl (C=O) groups is 1. The van der Waals surface area contributed by atoms with Gasteiger partial charge in [-0.25, -0.2) is 0 Å². The minimum Gasteiger partial charge on any atom is -0.328 e. The zero-order valence-corrected chi connectivity index (χ0v) is 12.9. The second-order valence-electron chi connectivity index (χ2n) is 5.22. The molecule has 0 spiro atoms. The number of hydrogen-bond acceptors (Lipinski definition) is 4. The molecular weight excluding hydrogens is 294 g/mol. The van der Waals surface area contributed by atoms with Crippen molar-refractivity contribution in [3.05, 3.63) is 33.3 Å². The van der Waals surface area contributed by atoms with Crippen LogP contribution in [0, 0.1) is 16.0 Å². The van der Waals surface area contributed by atoms with Crippen molar-refractivity contribution in [2.75, 3.05) is 5.32 Å². The SMILES string of the molecule is CC(N)CCCC(C)C(=O)Nc1ccc(Cl)cc1[N+](=O)[O-]. The molecule has 0 saturated carbocycles. The molecule has 2 unspecified atom stereocenters. The van der Waals surface area contributed by atoms with E-state index in [1.165, 1.54) is 18.2 Å². The van der Waals surface area contributed by atoms with Crippen molar-refractivity contribution in [1.29, 1.82) is 0 Å². The number of nitro groups is 1. The lowest BCUT2D eigenvalue weighted by Gasteiger charge is -2.13. The highest BCUT2D eigenvalue weighted by Gasteiger charge is 2.19. The molecule has 2 atom stereocenters. The molecule has 0 radical (unpaired) electrons. The number of halogens is 1. The maximum absolute atomic E-state index is 12.0. The maximum Gasteiger partial charge on any atom is 0.294 e. The Kier molecular flexibility index (Phi) is 6.58. The number of amides is 1. The van der Waals surface area contributed by atoms with Gasteiger partial charge in [0.2, 0.25) is 5.91 Å². The molecule has 116 valence electrons. The summed E-state index contributed by atoms with van der Waals surface area (Å²) in [5.41, 5.74) is 5.61. The summed E-state index contributed by atoms with van der Waals surface area (Å²) in [6.07, 6.45) is 2.38. The first-order chi connectivity index (χ1) is 9.81. The van der Waals surface area contributed by atoms with Crippen LogP contribution in [0.1, 0.15) is 33.1 Å². The van der Waals surface area contributed by atoms with Gasteiger partial charge in [0.1, 0.15) is 5.69 Å². The number of nitrogens with two attached hydrogens (primary N) is 1. The molecule has 1 rings (SSSR count). The van der Waals surface area contributed by atoms with E-state index in [0.717, 1.165) is 12.8 Å². The van der Waals surface area contributed by atoms with Crippen molar-refractivity contribution in [2.45, 2.75) is 39.2 Å². The van der Waals surface area contributed by atoms with E-state index in [1.807, 2.05) is 6.92 Å². The van der Waals surface area contributed by atoms with Gasteiger partial charge in [0.15, 0.2) is 0 Å². The molecule has 0 aliphatic carbocycles. The second-order valence-corrected chi connectivity index (χ2v) is 5.65. The van der Waals surface area contributed by atoms with Gasteiger partial charge in [0.25, 0.3) is 5.69 Å². The van der Waals surface area contributed by atoms with E-state index in [2.05, 4.69) is 5.32 Å². The number of nitro benzene ring substituents is 1. The molecule has 1 aromatic rings. The summed E-state index contributed by atoms with van der Waals surface area (Å²) in [4.78, 5) is 22.4. The lowest BCUT2D eigenvalue weighted by molar-refractivity contribution is -0.383. The molecule has 21 heavy (non-hydrogen) atoms. The Bertz CT molecular complexity index is 520. The van der Waals surface area contributed by atoms with Gasteiger partial charge >= 0.3 is 0 Å².